The lowest BCUT2D eigenvalue weighted by molar-refractivity contribution is -0.147. The van der Waals surface area contributed by atoms with Crippen molar-refractivity contribution in [1.82, 2.24) is 14.7 Å². The SMILES string of the molecule is OCCCN(Cc1ccn(-c2ccccc2)n1)CC(F)(F)F. The van der Waals surface area contributed by atoms with Crippen LogP contribution in [0.25, 0.3) is 5.69 Å². The lowest BCUT2D eigenvalue weighted by atomic mass is 10.3. The minimum absolute atomic E-state index is 0.0966. The monoisotopic (exact) mass is 313 g/mol. The number of aliphatic hydroxyl groups excluding tert-OH is 1. The summed E-state index contributed by atoms with van der Waals surface area (Å²) in [5, 5.41) is 13.1. The van der Waals surface area contributed by atoms with E-state index in [9.17, 15) is 13.2 Å². The smallest absolute Gasteiger partial charge is 0.396 e. The molecule has 1 N–H and O–H groups in total. The number of para-hydroxylation sites is 1. The average Bonchev–Trinajstić information content (AvgIpc) is 2.93. The quantitative estimate of drug-likeness (QED) is 0.854. The molecule has 1 aromatic carbocycles. The van der Waals surface area contributed by atoms with Gasteiger partial charge in [0.25, 0.3) is 0 Å². The van der Waals surface area contributed by atoms with Crippen molar-refractivity contribution in [3.05, 3.63) is 48.3 Å². The summed E-state index contributed by atoms with van der Waals surface area (Å²) in [6, 6.07) is 11.1. The van der Waals surface area contributed by atoms with Gasteiger partial charge in [0, 0.05) is 25.9 Å². The molecule has 0 unspecified atom stereocenters. The molecule has 0 saturated carbocycles. The second-order valence-corrected chi connectivity index (χ2v) is 4.99. The van der Waals surface area contributed by atoms with E-state index < -0.39 is 12.7 Å². The van der Waals surface area contributed by atoms with Gasteiger partial charge in [-0.3, -0.25) is 4.90 Å². The van der Waals surface area contributed by atoms with Crippen LogP contribution in [0.3, 0.4) is 0 Å². The molecule has 4 nitrogen and oxygen atoms in total. The highest BCUT2D eigenvalue weighted by Crippen LogP contribution is 2.18. The van der Waals surface area contributed by atoms with Gasteiger partial charge in [-0.2, -0.15) is 18.3 Å². The topological polar surface area (TPSA) is 41.3 Å². The molecule has 1 heterocycles. The van der Waals surface area contributed by atoms with E-state index in [2.05, 4.69) is 5.10 Å². The molecule has 1 aromatic heterocycles. The van der Waals surface area contributed by atoms with Gasteiger partial charge >= 0.3 is 6.18 Å². The Labute approximate surface area is 126 Å². The summed E-state index contributed by atoms with van der Waals surface area (Å²) in [5.74, 6) is 0. The Morgan fingerprint density at radius 1 is 1.14 bits per heavy atom. The van der Waals surface area contributed by atoms with Gasteiger partial charge < -0.3 is 5.11 Å². The van der Waals surface area contributed by atoms with Crippen molar-refractivity contribution in [2.45, 2.75) is 19.1 Å². The fourth-order valence-electron chi connectivity index (χ4n) is 2.16. The second-order valence-electron chi connectivity index (χ2n) is 4.99. The van der Waals surface area contributed by atoms with Crippen molar-refractivity contribution in [2.24, 2.45) is 0 Å². The van der Waals surface area contributed by atoms with Crippen LogP contribution in [-0.2, 0) is 6.54 Å². The Balaban J connectivity index is 2.05. The number of benzene rings is 1. The van der Waals surface area contributed by atoms with Crippen LogP contribution in [0.15, 0.2) is 42.6 Å². The zero-order valence-corrected chi connectivity index (χ0v) is 12.0. The second kappa shape index (κ2) is 7.42. The van der Waals surface area contributed by atoms with E-state index in [1.807, 2.05) is 30.3 Å². The highest BCUT2D eigenvalue weighted by atomic mass is 19.4. The number of nitrogens with zero attached hydrogens (tertiary/aromatic N) is 3. The molecule has 22 heavy (non-hydrogen) atoms. The highest BCUT2D eigenvalue weighted by molar-refractivity contribution is 5.30. The van der Waals surface area contributed by atoms with Crippen LogP contribution in [0.5, 0.6) is 0 Å². The maximum absolute atomic E-state index is 12.6. The molecule has 7 heteroatoms. The van der Waals surface area contributed by atoms with Gasteiger partial charge in [0.2, 0.25) is 0 Å². The lowest BCUT2D eigenvalue weighted by Crippen LogP contribution is -2.35. The van der Waals surface area contributed by atoms with E-state index in [1.54, 1.807) is 16.9 Å². The average molecular weight is 313 g/mol. The van der Waals surface area contributed by atoms with Gasteiger partial charge in [-0.05, 0) is 24.6 Å². The van der Waals surface area contributed by atoms with E-state index in [0.717, 1.165) is 5.69 Å². The highest BCUT2D eigenvalue weighted by Gasteiger charge is 2.30. The van der Waals surface area contributed by atoms with Crippen LogP contribution in [0.2, 0.25) is 0 Å². The molecule has 0 aliphatic carbocycles. The molecule has 0 radical (unpaired) electrons. The number of aliphatic hydroxyl groups is 1. The van der Waals surface area contributed by atoms with Crippen LogP contribution in [0.4, 0.5) is 13.2 Å². The zero-order valence-electron chi connectivity index (χ0n) is 12.0. The molecule has 120 valence electrons. The third kappa shape index (κ3) is 5.16. The molecule has 0 amide bonds. The Morgan fingerprint density at radius 2 is 1.86 bits per heavy atom. The summed E-state index contributed by atoms with van der Waals surface area (Å²) in [7, 11) is 0. The van der Waals surface area contributed by atoms with E-state index in [1.165, 1.54) is 4.90 Å². The molecule has 0 bridgehead atoms. The molecule has 0 spiro atoms. The Bertz CT molecular complexity index is 569. The minimum atomic E-state index is -4.27. The fourth-order valence-corrected chi connectivity index (χ4v) is 2.16. The van der Waals surface area contributed by atoms with Crippen molar-refractivity contribution in [3.8, 4) is 5.69 Å². The predicted molar refractivity (Wildman–Crippen MR) is 76.6 cm³/mol. The Hall–Kier alpha value is -1.86. The van der Waals surface area contributed by atoms with E-state index in [4.69, 9.17) is 5.11 Å². The first-order valence-electron chi connectivity index (χ1n) is 6.98. The number of hydrogen-bond donors (Lipinski definition) is 1. The first-order chi connectivity index (χ1) is 10.5. The summed E-state index contributed by atoms with van der Waals surface area (Å²) in [5.41, 5.74) is 1.41. The van der Waals surface area contributed by atoms with Gasteiger partial charge in [-0.15, -0.1) is 0 Å². The molecule has 2 rings (SSSR count). The molecule has 0 fully saturated rings. The van der Waals surface area contributed by atoms with Crippen LogP contribution >= 0.6 is 0 Å². The van der Waals surface area contributed by atoms with Crippen molar-refractivity contribution < 1.29 is 18.3 Å². The maximum Gasteiger partial charge on any atom is 0.401 e. The van der Waals surface area contributed by atoms with Crippen LogP contribution < -0.4 is 0 Å². The van der Waals surface area contributed by atoms with Crippen LogP contribution in [0, 0.1) is 0 Å². The first kappa shape index (κ1) is 16.5. The molecule has 0 atom stereocenters. The summed E-state index contributed by atoms with van der Waals surface area (Å²) >= 11 is 0. The van der Waals surface area contributed by atoms with Gasteiger partial charge in [-0.25, -0.2) is 4.68 Å². The van der Waals surface area contributed by atoms with Gasteiger partial charge in [0.05, 0.1) is 17.9 Å². The van der Waals surface area contributed by atoms with Gasteiger partial charge in [0.15, 0.2) is 0 Å². The minimum Gasteiger partial charge on any atom is -0.396 e. The van der Waals surface area contributed by atoms with Crippen LogP contribution in [0.1, 0.15) is 12.1 Å². The maximum atomic E-state index is 12.6. The summed E-state index contributed by atoms with van der Waals surface area (Å²) in [4.78, 5) is 1.24. The number of alkyl halides is 3. The summed E-state index contributed by atoms with van der Waals surface area (Å²) < 4.78 is 39.4. The number of halogens is 3. The normalized spacial score (nSPS) is 12.0. The van der Waals surface area contributed by atoms with Crippen molar-refractivity contribution in [2.75, 3.05) is 19.7 Å². The summed E-state index contributed by atoms with van der Waals surface area (Å²) in [6.07, 6.45) is -2.24. The molecule has 0 aliphatic rings. The number of rotatable bonds is 7. The predicted octanol–water partition coefficient (Wildman–Crippen LogP) is 2.62. The Kier molecular flexibility index (Phi) is 5.57. The van der Waals surface area contributed by atoms with Crippen LogP contribution in [-0.4, -0.2) is 45.7 Å². The standard InChI is InChI=1S/C15H18F3N3O/c16-15(17,18)12-20(8-4-10-22)11-13-7-9-21(19-13)14-5-2-1-3-6-14/h1-3,5-7,9,22H,4,8,10-12H2. The van der Waals surface area contributed by atoms with E-state index in [-0.39, 0.29) is 19.7 Å². The Morgan fingerprint density at radius 3 is 2.50 bits per heavy atom. The van der Waals surface area contributed by atoms with Gasteiger partial charge in [-0.1, -0.05) is 18.2 Å². The van der Waals surface area contributed by atoms with Crippen molar-refractivity contribution in [3.63, 3.8) is 0 Å². The van der Waals surface area contributed by atoms with E-state index >= 15 is 0 Å². The molecule has 2 aromatic rings. The number of aromatic nitrogens is 2. The lowest BCUT2D eigenvalue weighted by Gasteiger charge is -2.22. The van der Waals surface area contributed by atoms with Crippen molar-refractivity contribution in [1.29, 1.82) is 0 Å². The third-order valence-electron chi connectivity index (χ3n) is 3.09. The molecule has 0 saturated heterocycles. The van der Waals surface area contributed by atoms with Crippen molar-refractivity contribution >= 4 is 0 Å². The molecular formula is C15H18F3N3O. The van der Waals surface area contributed by atoms with Gasteiger partial charge in [0.1, 0.15) is 0 Å². The molecule has 0 aliphatic heterocycles. The molecular weight excluding hydrogens is 295 g/mol. The fraction of sp³-hybridized carbons (Fsp3) is 0.400. The number of hydrogen-bond acceptors (Lipinski definition) is 3. The zero-order chi connectivity index (χ0) is 16.0. The third-order valence-corrected chi connectivity index (χ3v) is 3.09. The van der Waals surface area contributed by atoms with E-state index in [0.29, 0.717) is 12.1 Å². The largest absolute Gasteiger partial charge is 0.401 e. The summed E-state index contributed by atoms with van der Waals surface area (Å²) in [6.45, 7) is -0.869. The first-order valence-corrected chi connectivity index (χ1v) is 6.98.